The molecule has 0 heterocycles. The monoisotopic (exact) mass is 322 g/mol. The molecule has 1 unspecified atom stereocenters. The molecular formula is C17H26N2O4. The molecule has 0 aromatic carbocycles. The molecule has 6 heteroatoms. The predicted molar refractivity (Wildman–Crippen MR) is 89.8 cm³/mol. The molecule has 0 saturated heterocycles. The number of carboxylic acids is 1. The number of amides is 2. The topological polar surface area (TPSA) is 95.5 Å². The van der Waals surface area contributed by atoms with Crippen molar-refractivity contribution in [1.82, 2.24) is 10.6 Å². The lowest BCUT2D eigenvalue weighted by Gasteiger charge is -2.22. The van der Waals surface area contributed by atoms with Gasteiger partial charge in [-0.3, -0.25) is 14.4 Å². The van der Waals surface area contributed by atoms with Crippen molar-refractivity contribution in [1.29, 1.82) is 0 Å². The molecular weight excluding hydrogens is 296 g/mol. The average molecular weight is 322 g/mol. The molecule has 0 spiro atoms. The van der Waals surface area contributed by atoms with Gasteiger partial charge in [-0.1, -0.05) is 30.4 Å². The van der Waals surface area contributed by atoms with Crippen LogP contribution in [0.15, 0.2) is 37.0 Å². The maximum atomic E-state index is 12.2. The molecule has 0 bridgehead atoms. The number of hydrogen-bond acceptors (Lipinski definition) is 3. The predicted octanol–water partition coefficient (Wildman–Crippen LogP) is 1.94. The first-order valence-electron chi connectivity index (χ1n) is 7.51. The van der Waals surface area contributed by atoms with Gasteiger partial charge in [0.1, 0.15) is 6.04 Å². The van der Waals surface area contributed by atoms with E-state index in [4.69, 9.17) is 5.11 Å². The zero-order chi connectivity index (χ0) is 17.8. The van der Waals surface area contributed by atoms with E-state index in [0.29, 0.717) is 12.8 Å². The average Bonchev–Trinajstić information content (AvgIpc) is 2.46. The quantitative estimate of drug-likeness (QED) is 0.400. The van der Waals surface area contributed by atoms with Gasteiger partial charge in [0.05, 0.1) is 6.42 Å². The lowest BCUT2D eigenvalue weighted by molar-refractivity contribution is -0.138. The lowest BCUT2D eigenvalue weighted by Crippen LogP contribution is -2.49. The Hall–Kier alpha value is -2.37. The third kappa shape index (κ3) is 9.29. The second-order valence-electron chi connectivity index (χ2n) is 5.19. The first-order valence-corrected chi connectivity index (χ1v) is 7.51. The van der Waals surface area contributed by atoms with Crippen molar-refractivity contribution in [2.45, 2.75) is 51.6 Å². The molecule has 6 nitrogen and oxygen atoms in total. The minimum absolute atomic E-state index is 0.180. The van der Waals surface area contributed by atoms with Gasteiger partial charge >= 0.3 is 5.97 Å². The van der Waals surface area contributed by atoms with E-state index < -0.39 is 24.0 Å². The summed E-state index contributed by atoms with van der Waals surface area (Å²) in [5.41, 5.74) is 0.985. The summed E-state index contributed by atoms with van der Waals surface area (Å²) < 4.78 is 0. The summed E-state index contributed by atoms with van der Waals surface area (Å²) in [5.74, 6) is -1.73. The molecule has 0 aromatic heterocycles. The number of carbonyl (C=O) groups is 3. The van der Waals surface area contributed by atoms with Gasteiger partial charge in [0, 0.05) is 13.0 Å². The van der Waals surface area contributed by atoms with Crippen LogP contribution in [0.4, 0.5) is 0 Å². The summed E-state index contributed by atoms with van der Waals surface area (Å²) in [7, 11) is 0. The molecule has 3 N–H and O–H groups in total. The van der Waals surface area contributed by atoms with Crippen LogP contribution in [0.1, 0.15) is 39.5 Å². The van der Waals surface area contributed by atoms with Crippen LogP contribution < -0.4 is 10.6 Å². The number of aliphatic carboxylic acids is 1. The summed E-state index contributed by atoms with van der Waals surface area (Å²) in [5, 5.41) is 14.2. The standard InChI is InChI=1S/C17H26N2O4/c1-5-8-15(18-12(4)20)17(23)19-14(11-16(21)22)10-9-13(6-2)7-3/h5-7,14-15H,1-2,8-11H2,3-4H3,(H,18,20)(H,19,23)(H,21,22)/t14-,15?/m1/s1. The van der Waals surface area contributed by atoms with Gasteiger partial charge in [0.15, 0.2) is 0 Å². The molecule has 0 radical (unpaired) electrons. The van der Waals surface area contributed by atoms with Gasteiger partial charge in [0.2, 0.25) is 11.8 Å². The Kier molecular flexibility index (Phi) is 10.1. The van der Waals surface area contributed by atoms with Crippen LogP contribution in [0, 0.1) is 0 Å². The molecule has 2 amide bonds. The van der Waals surface area contributed by atoms with Crippen molar-refractivity contribution < 1.29 is 19.5 Å². The molecule has 0 aromatic rings. The number of nitrogens with one attached hydrogen (secondary N) is 2. The van der Waals surface area contributed by atoms with Crippen LogP contribution in [-0.4, -0.2) is 35.0 Å². The number of hydrogen-bond donors (Lipinski definition) is 3. The first kappa shape index (κ1) is 20.6. The van der Waals surface area contributed by atoms with E-state index in [1.54, 1.807) is 6.08 Å². The Balaban J connectivity index is 4.86. The molecule has 0 saturated carbocycles. The van der Waals surface area contributed by atoms with Crippen molar-refractivity contribution in [2.24, 2.45) is 0 Å². The largest absolute Gasteiger partial charge is 0.481 e. The van der Waals surface area contributed by atoms with E-state index in [1.165, 1.54) is 13.0 Å². The Morgan fingerprint density at radius 2 is 1.87 bits per heavy atom. The summed E-state index contributed by atoms with van der Waals surface area (Å²) >= 11 is 0. The summed E-state index contributed by atoms with van der Waals surface area (Å²) in [6.07, 6.45) is 6.32. The van der Waals surface area contributed by atoms with E-state index in [2.05, 4.69) is 23.8 Å². The summed E-state index contributed by atoms with van der Waals surface area (Å²) in [6, 6.07) is -1.27. The highest BCUT2D eigenvalue weighted by Gasteiger charge is 2.22. The number of allylic oxidation sites excluding steroid dienone is 3. The zero-order valence-corrected chi connectivity index (χ0v) is 13.8. The molecule has 0 aliphatic carbocycles. The van der Waals surface area contributed by atoms with Crippen molar-refractivity contribution in [3.05, 3.63) is 37.0 Å². The van der Waals surface area contributed by atoms with Gasteiger partial charge in [-0.25, -0.2) is 0 Å². The van der Waals surface area contributed by atoms with Gasteiger partial charge in [-0.2, -0.15) is 0 Å². The van der Waals surface area contributed by atoms with Crippen LogP contribution in [0.2, 0.25) is 0 Å². The third-order valence-corrected chi connectivity index (χ3v) is 3.28. The highest BCUT2D eigenvalue weighted by Crippen LogP contribution is 2.11. The van der Waals surface area contributed by atoms with Gasteiger partial charge in [-0.15, -0.1) is 6.58 Å². The van der Waals surface area contributed by atoms with E-state index >= 15 is 0 Å². The SMILES string of the molecule is C=CCC(NC(C)=O)C(=O)N[C@H](CCC(C=C)=CC)CC(=O)O. The van der Waals surface area contributed by atoms with Crippen LogP contribution in [0.25, 0.3) is 0 Å². The first-order chi connectivity index (χ1) is 10.8. The molecule has 0 fully saturated rings. The van der Waals surface area contributed by atoms with E-state index in [1.807, 2.05) is 13.0 Å². The highest BCUT2D eigenvalue weighted by molar-refractivity contribution is 5.87. The fraction of sp³-hybridized carbons (Fsp3) is 0.471. The second-order valence-corrected chi connectivity index (χ2v) is 5.19. The van der Waals surface area contributed by atoms with Crippen LogP contribution >= 0.6 is 0 Å². The van der Waals surface area contributed by atoms with E-state index in [9.17, 15) is 14.4 Å². The number of carboxylic acid groups (broad SMARTS) is 1. The van der Waals surface area contributed by atoms with Gasteiger partial charge < -0.3 is 15.7 Å². The molecule has 0 rings (SSSR count). The number of carbonyl (C=O) groups excluding carboxylic acids is 2. The van der Waals surface area contributed by atoms with Crippen LogP contribution in [0.3, 0.4) is 0 Å². The Labute approximate surface area is 137 Å². The van der Waals surface area contributed by atoms with Crippen molar-refractivity contribution in [3.8, 4) is 0 Å². The molecule has 2 atom stereocenters. The smallest absolute Gasteiger partial charge is 0.305 e. The highest BCUT2D eigenvalue weighted by atomic mass is 16.4. The van der Waals surface area contributed by atoms with Gasteiger partial charge in [-0.05, 0) is 26.2 Å². The fourth-order valence-electron chi connectivity index (χ4n) is 2.09. The van der Waals surface area contributed by atoms with Crippen LogP contribution in [-0.2, 0) is 14.4 Å². The molecule has 0 aliphatic rings. The molecule has 128 valence electrons. The maximum absolute atomic E-state index is 12.2. The van der Waals surface area contributed by atoms with E-state index in [-0.39, 0.29) is 18.7 Å². The minimum Gasteiger partial charge on any atom is -0.481 e. The van der Waals surface area contributed by atoms with Crippen molar-refractivity contribution in [2.75, 3.05) is 0 Å². The fourth-order valence-corrected chi connectivity index (χ4v) is 2.09. The Bertz CT molecular complexity index is 483. The number of rotatable bonds is 11. The Morgan fingerprint density at radius 3 is 2.30 bits per heavy atom. The molecule has 0 aliphatic heterocycles. The van der Waals surface area contributed by atoms with Crippen LogP contribution in [0.5, 0.6) is 0 Å². The molecule has 23 heavy (non-hydrogen) atoms. The van der Waals surface area contributed by atoms with Crippen molar-refractivity contribution >= 4 is 17.8 Å². The normalized spacial score (nSPS) is 13.6. The Morgan fingerprint density at radius 1 is 1.22 bits per heavy atom. The minimum atomic E-state index is -0.990. The summed E-state index contributed by atoms with van der Waals surface area (Å²) in [6.45, 7) is 10.4. The van der Waals surface area contributed by atoms with E-state index in [0.717, 1.165) is 5.57 Å². The zero-order valence-electron chi connectivity index (χ0n) is 13.8. The van der Waals surface area contributed by atoms with Gasteiger partial charge in [0.25, 0.3) is 0 Å². The third-order valence-electron chi connectivity index (χ3n) is 3.28. The second kappa shape index (κ2) is 11.2. The lowest BCUT2D eigenvalue weighted by atomic mass is 10.0. The van der Waals surface area contributed by atoms with Crippen molar-refractivity contribution in [3.63, 3.8) is 0 Å². The summed E-state index contributed by atoms with van der Waals surface area (Å²) in [4.78, 5) is 34.4. The maximum Gasteiger partial charge on any atom is 0.305 e.